The van der Waals surface area contributed by atoms with Gasteiger partial charge in [-0.25, -0.2) is 4.79 Å². The number of urea groups is 1. The number of Topliss-reactive ketones (excluding diaryl/α,β-unsaturated/α-hetero) is 1. The van der Waals surface area contributed by atoms with Crippen LogP contribution in [-0.4, -0.2) is 42.5 Å². The van der Waals surface area contributed by atoms with Crippen LogP contribution in [0.15, 0.2) is 48.5 Å². The lowest BCUT2D eigenvalue weighted by Crippen LogP contribution is -2.51. The summed E-state index contributed by atoms with van der Waals surface area (Å²) in [4.78, 5) is 26.4. The van der Waals surface area contributed by atoms with Gasteiger partial charge in [-0.05, 0) is 57.1 Å². The van der Waals surface area contributed by atoms with Gasteiger partial charge in [0.25, 0.3) is 0 Å². The zero-order valence-corrected chi connectivity index (χ0v) is 16.9. The van der Waals surface area contributed by atoms with E-state index in [1.807, 2.05) is 24.3 Å². The lowest BCUT2D eigenvalue weighted by molar-refractivity contribution is -0.0188. The number of fused-ring (bicyclic) bond motifs is 1. The number of likely N-dealkylation sites (tertiary alicyclic amines) is 1. The largest absolute Gasteiger partial charge is 0.487 e. The monoisotopic (exact) mass is 393 g/mol. The Bertz CT molecular complexity index is 902. The first-order valence-corrected chi connectivity index (χ1v) is 10.1. The summed E-state index contributed by atoms with van der Waals surface area (Å²) in [5.41, 5.74) is 2.06. The molecule has 1 spiro atoms. The number of ether oxygens (including phenoxy) is 1. The zero-order chi connectivity index (χ0) is 20.4. The third kappa shape index (κ3) is 4.27. The Labute approximate surface area is 171 Å². The summed E-state index contributed by atoms with van der Waals surface area (Å²) in [7, 11) is 2.13. The quantitative estimate of drug-likeness (QED) is 0.774. The molecule has 1 saturated heterocycles. The number of benzene rings is 2. The minimum Gasteiger partial charge on any atom is -0.487 e. The molecule has 2 aliphatic rings. The van der Waals surface area contributed by atoms with E-state index in [4.69, 9.17) is 4.74 Å². The molecule has 1 atom stereocenters. The zero-order valence-electron chi connectivity index (χ0n) is 16.9. The van der Waals surface area contributed by atoms with Crippen molar-refractivity contribution in [3.05, 3.63) is 59.7 Å². The summed E-state index contributed by atoms with van der Waals surface area (Å²) in [6, 6.07) is 14.5. The predicted octanol–water partition coefficient (Wildman–Crippen LogP) is 4.00. The van der Waals surface area contributed by atoms with Crippen LogP contribution >= 0.6 is 0 Å². The number of rotatable bonds is 3. The van der Waals surface area contributed by atoms with Gasteiger partial charge in [0, 0.05) is 36.3 Å². The van der Waals surface area contributed by atoms with Crippen LogP contribution in [0.1, 0.15) is 48.1 Å². The molecule has 2 aliphatic heterocycles. The molecule has 0 radical (unpaired) electrons. The second kappa shape index (κ2) is 7.87. The summed E-state index contributed by atoms with van der Waals surface area (Å²) in [6.07, 6.45) is 2.66. The third-order valence-corrected chi connectivity index (χ3v) is 5.95. The molecule has 2 heterocycles. The summed E-state index contributed by atoms with van der Waals surface area (Å²) >= 11 is 0. The molecular formula is C23H27N3O3. The van der Waals surface area contributed by atoms with Gasteiger partial charge in [-0.2, -0.15) is 0 Å². The highest BCUT2D eigenvalue weighted by atomic mass is 16.5. The second-order valence-corrected chi connectivity index (χ2v) is 8.11. The van der Waals surface area contributed by atoms with Crippen LogP contribution in [0.2, 0.25) is 0 Å². The predicted molar refractivity (Wildman–Crippen MR) is 112 cm³/mol. The molecular weight excluding hydrogens is 366 g/mol. The third-order valence-electron chi connectivity index (χ3n) is 5.95. The molecule has 152 valence electrons. The van der Waals surface area contributed by atoms with Gasteiger partial charge >= 0.3 is 6.03 Å². The Kier molecular flexibility index (Phi) is 5.28. The SMILES string of the molecule is CC(=O)c1ccc(NC(=O)NC2CC3(CCN(C)CC3)Oc3ccccc32)cc1. The number of para-hydroxylation sites is 1. The average molecular weight is 393 g/mol. The number of carbonyl (C=O) groups excluding carboxylic acids is 2. The standard InChI is InChI=1S/C23H27N3O3/c1-16(27)17-7-9-18(10-8-17)24-22(28)25-20-15-23(11-13-26(2)14-12-23)29-21-6-4-3-5-19(20)21/h3-10,20H,11-15H2,1-2H3,(H2,24,25,28). The van der Waals surface area contributed by atoms with Gasteiger partial charge in [-0.3, -0.25) is 4.79 Å². The van der Waals surface area contributed by atoms with Gasteiger partial charge in [0.05, 0.1) is 6.04 Å². The van der Waals surface area contributed by atoms with E-state index in [9.17, 15) is 9.59 Å². The van der Waals surface area contributed by atoms with Crippen LogP contribution in [0, 0.1) is 0 Å². The van der Waals surface area contributed by atoms with Crippen molar-refractivity contribution in [2.75, 3.05) is 25.5 Å². The highest BCUT2D eigenvalue weighted by Gasteiger charge is 2.43. The van der Waals surface area contributed by atoms with E-state index in [0.717, 1.165) is 43.7 Å². The van der Waals surface area contributed by atoms with Crippen LogP contribution < -0.4 is 15.4 Å². The Balaban J connectivity index is 1.49. The topological polar surface area (TPSA) is 70.7 Å². The molecule has 2 aromatic carbocycles. The second-order valence-electron chi connectivity index (χ2n) is 8.11. The summed E-state index contributed by atoms with van der Waals surface area (Å²) in [6.45, 7) is 3.50. The van der Waals surface area contributed by atoms with Gasteiger partial charge in [-0.15, -0.1) is 0 Å². The molecule has 1 fully saturated rings. The minimum atomic E-state index is -0.259. The maximum Gasteiger partial charge on any atom is 0.319 e. The van der Waals surface area contributed by atoms with E-state index in [0.29, 0.717) is 11.3 Å². The van der Waals surface area contributed by atoms with Crippen molar-refractivity contribution >= 4 is 17.5 Å². The van der Waals surface area contributed by atoms with E-state index in [2.05, 4.69) is 22.6 Å². The molecule has 0 aliphatic carbocycles. The van der Waals surface area contributed by atoms with E-state index in [1.54, 1.807) is 24.3 Å². The van der Waals surface area contributed by atoms with Crippen molar-refractivity contribution in [3.8, 4) is 5.75 Å². The van der Waals surface area contributed by atoms with E-state index >= 15 is 0 Å². The molecule has 6 heteroatoms. The number of ketones is 1. The smallest absolute Gasteiger partial charge is 0.319 e. The van der Waals surface area contributed by atoms with Crippen LogP contribution in [-0.2, 0) is 0 Å². The molecule has 29 heavy (non-hydrogen) atoms. The van der Waals surface area contributed by atoms with Gasteiger partial charge < -0.3 is 20.3 Å². The van der Waals surface area contributed by atoms with Gasteiger partial charge in [0.1, 0.15) is 11.4 Å². The lowest BCUT2D eigenvalue weighted by atomic mass is 9.80. The molecule has 1 unspecified atom stereocenters. The summed E-state index contributed by atoms with van der Waals surface area (Å²) in [5, 5.41) is 6.01. The first-order chi connectivity index (χ1) is 13.9. The highest BCUT2D eigenvalue weighted by Crippen LogP contribution is 2.44. The summed E-state index contributed by atoms with van der Waals surface area (Å²) in [5.74, 6) is 0.864. The fourth-order valence-electron chi connectivity index (χ4n) is 4.19. The van der Waals surface area contributed by atoms with E-state index in [1.165, 1.54) is 6.92 Å². The maximum atomic E-state index is 12.7. The molecule has 6 nitrogen and oxygen atoms in total. The number of hydrogen-bond acceptors (Lipinski definition) is 4. The van der Waals surface area contributed by atoms with Crippen LogP contribution in [0.3, 0.4) is 0 Å². The first-order valence-electron chi connectivity index (χ1n) is 10.1. The number of amides is 2. The summed E-state index contributed by atoms with van der Waals surface area (Å²) < 4.78 is 6.44. The molecule has 0 aromatic heterocycles. The molecule has 4 rings (SSSR count). The maximum absolute atomic E-state index is 12.7. The van der Waals surface area contributed by atoms with Crippen molar-refractivity contribution in [1.29, 1.82) is 0 Å². The Morgan fingerprint density at radius 3 is 2.45 bits per heavy atom. The Morgan fingerprint density at radius 2 is 1.76 bits per heavy atom. The number of nitrogens with one attached hydrogen (secondary N) is 2. The number of anilines is 1. The number of carbonyl (C=O) groups is 2. The highest BCUT2D eigenvalue weighted by molar-refractivity contribution is 5.95. The lowest BCUT2D eigenvalue weighted by Gasteiger charge is -2.46. The van der Waals surface area contributed by atoms with Crippen LogP contribution in [0.5, 0.6) is 5.75 Å². The fourth-order valence-corrected chi connectivity index (χ4v) is 4.19. The van der Waals surface area contributed by atoms with Crippen molar-refractivity contribution in [2.24, 2.45) is 0 Å². The van der Waals surface area contributed by atoms with Crippen molar-refractivity contribution < 1.29 is 14.3 Å². The minimum absolute atomic E-state index is 0.00300. The average Bonchev–Trinajstić information content (AvgIpc) is 2.71. The molecule has 0 bridgehead atoms. The fraction of sp³-hybridized carbons (Fsp3) is 0.391. The van der Waals surface area contributed by atoms with Crippen molar-refractivity contribution in [3.63, 3.8) is 0 Å². The number of hydrogen-bond donors (Lipinski definition) is 2. The van der Waals surface area contributed by atoms with Crippen molar-refractivity contribution in [1.82, 2.24) is 10.2 Å². The first kappa shape index (κ1) is 19.5. The number of piperidine rings is 1. The molecule has 2 N–H and O–H groups in total. The number of nitrogens with zero attached hydrogens (tertiary/aromatic N) is 1. The van der Waals surface area contributed by atoms with E-state index < -0.39 is 0 Å². The molecule has 2 aromatic rings. The van der Waals surface area contributed by atoms with Crippen LogP contribution in [0.25, 0.3) is 0 Å². The van der Waals surface area contributed by atoms with E-state index in [-0.39, 0.29) is 23.5 Å². The normalized spacial score (nSPS) is 20.4. The molecule has 0 saturated carbocycles. The van der Waals surface area contributed by atoms with Crippen molar-refractivity contribution in [2.45, 2.75) is 37.8 Å². The Morgan fingerprint density at radius 1 is 1.07 bits per heavy atom. The van der Waals surface area contributed by atoms with Gasteiger partial charge in [0.2, 0.25) is 0 Å². The van der Waals surface area contributed by atoms with Gasteiger partial charge in [0.15, 0.2) is 5.78 Å². The van der Waals surface area contributed by atoms with Gasteiger partial charge in [-0.1, -0.05) is 18.2 Å². The van der Waals surface area contributed by atoms with Crippen LogP contribution in [0.4, 0.5) is 10.5 Å². The molecule has 2 amide bonds. The Hall–Kier alpha value is -2.86.